The van der Waals surface area contributed by atoms with Crippen molar-refractivity contribution in [3.63, 3.8) is 0 Å². The van der Waals surface area contributed by atoms with Crippen LogP contribution in [-0.2, 0) is 17.9 Å². The van der Waals surface area contributed by atoms with Gasteiger partial charge in [-0.3, -0.25) is 9.78 Å². The first kappa shape index (κ1) is 16.5. The van der Waals surface area contributed by atoms with Crippen LogP contribution in [0.3, 0.4) is 0 Å². The Balaban J connectivity index is 1.89. The minimum Gasteiger partial charge on any atom is -0.386 e. The zero-order chi connectivity index (χ0) is 16.5. The standard InChI is InChI=1S/C17H15ClN4O/c18-16-6-2-1-5-14(16)11-21-12-15(8-19)17(23)22-10-13-4-3-7-20-9-13/h1-7,9,12,21H,10-11H2,(H,22,23)/b15-12-. The van der Waals surface area contributed by atoms with E-state index in [2.05, 4.69) is 15.6 Å². The molecule has 1 aromatic carbocycles. The van der Waals surface area contributed by atoms with Gasteiger partial charge < -0.3 is 10.6 Å². The number of nitrogens with one attached hydrogen (secondary N) is 2. The van der Waals surface area contributed by atoms with Crippen LogP contribution in [0.15, 0.2) is 60.6 Å². The van der Waals surface area contributed by atoms with Gasteiger partial charge in [0.25, 0.3) is 5.91 Å². The van der Waals surface area contributed by atoms with Crippen molar-refractivity contribution in [2.75, 3.05) is 0 Å². The van der Waals surface area contributed by atoms with Gasteiger partial charge in [0.1, 0.15) is 11.6 Å². The number of hydrogen-bond acceptors (Lipinski definition) is 4. The molecule has 1 heterocycles. The van der Waals surface area contributed by atoms with Crippen molar-refractivity contribution in [1.82, 2.24) is 15.6 Å². The Morgan fingerprint density at radius 2 is 2.09 bits per heavy atom. The zero-order valence-corrected chi connectivity index (χ0v) is 13.0. The number of carbonyl (C=O) groups excluding carboxylic acids is 1. The number of halogens is 1. The number of pyridine rings is 1. The normalized spacial score (nSPS) is 10.7. The van der Waals surface area contributed by atoms with Crippen molar-refractivity contribution in [3.05, 3.63) is 76.7 Å². The van der Waals surface area contributed by atoms with E-state index in [0.29, 0.717) is 18.1 Å². The smallest absolute Gasteiger partial charge is 0.263 e. The summed E-state index contributed by atoms with van der Waals surface area (Å²) in [6.45, 7) is 0.747. The number of hydrogen-bond donors (Lipinski definition) is 2. The third kappa shape index (κ3) is 5.13. The van der Waals surface area contributed by atoms with E-state index in [4.69, 9.17) is 16.9 Å². The van der Waals surface area contributed by atoms with Gasteiger partial charge in [0.05, 0.1) is 0 Å². The predicted octanol–water partition coefficient (Wildman–Crippen LogP) is 2.55. The van der Waals surface area contributed by atoms with Gasteiger partial charge in [0.15, 0.2) is 0 Å². The van der Waals surface area contributed by atoms with Gasteiger partial charge in [-0.25, -0.2) is 0 Å². The predicted molar refractivity (Wildman–Crippen MR) is 88.1 cm³/mol. The summed E-state index contributed by atoms with van der Waals surface area (Å²) in [5.74, 6) is -0.442. The number of rotatable bonds is 6. The van der Waals surface area contributed by atoms with Gasteiger partial charge in [-0.1, -0.05) is 35.9 Å². The van der Waals surface area contributed by atoms with Crippen molar-refractivity contribution in [1.29, 1.82) is 5.26 Å². The topological polar surface area (TPSA) is 77.8 Å². The third-order valence-electron chi connectivity index (χ3n) is 3.04. The molecule has 23 heavy (non-hydrogen) atoms. The minimum absolute atomic E-state index is 0.000874. The molecule has 0 bridgehead atoms. The molecule has 1 amide bonds. The highest BCUT2D eigenvalue weighted by Gasteiger charge is 2.08. The first-order valence-corrected chi connectivity index (χ1v) is 7.32. The molecule has 0 fully saturated rings. The summed E-state index contributed by atoms with van der Waals surface area (Å²) in [4.78, 5) is 15.9. The van der Waals surface area contributed by atoms with E-state index in [-0.39, 0.29) is 5.57 Å². The second-order valence-corrected chi connectivity index (χ2v) is 5.09. The highest BCUT2D eigenvalue weighted by Crippen LogP contribution is 2.14. The molecule has 0 radical (unpaired) electrons. The maximum absolute atomic E-state index is 12.0. The monoisotopic (exact) mass is 326 g/mol. The Kier molecular flexibility index (Phi) is 6.16. The molecular weight excluding hydrogens is 312 g/mol. The molecule has 0 spiro atoms. The minimum atomic E-state index is -0.442. The van der Waals surface area contributed by atoms with Crippen molar-refractivity contribution >= 4 is 17.5 Å². The van der Waals surface area contributed by atoms with Gasteiger partial charge in [0, 0.05) is 36.7 Å². The highest BCUT2D eigenvalue weighted by atomic mass is 35.5. The number of aromatic nitrogens is 1. The molecule has 0 aliphatic rings. The molecule has 0 saturated carbocycles. The second-order valence-electron chi connectivity index (χ2n) is 4.69. The zero-order valence-electron chi connectivity index (χ0n) is 12.3. The second kappa shape index (κ2) is 8.57. The molecule has 5 nitrogen and oxygen atoms in total. The summed E-state index contributed by atoms with van der Waals surface area (Å²) in [6, 6.07) is 12.9. The molecular formula is C17H15ClN4O. The number of nitrogens with zero attached hydrogens (tertiary/aromatic N) is 2. The first-order chi connectivity index (χ1) is 11.2. The van der Waals surface area contributed by atoms with Crippen LogP contribution in [0, 0.1) is 11.3 Å². The molecule has 0 aliphatic carbocycles. The molecule has 2 aromatic rings. The van der Waals surface area contributed by atoms with Gasteiger partial charge in [-0.2, -0.15) is 5.26 Å². The molecule has 6 heteroatoms. The van der Waals surface area contributed by atoms with Crippen LogP contribution in [0.4, 0.5) is 0 Å². The Hall–Kier alpha value is -2.84. The van der Waals surface area contributed by atoms with E-state index in [1.807, 2.05) is 30.3 Å². The number of carbonyl (C=O) groups is 1. The number of benzene rings is 1. The Labute approximate surface area is 139 Å². The molecule has 2 rings (SSSR count). The summed E-state index contributed by atoms with van der Waals surface area (Å²) in [7, 11) is 0. The quantitative estimate of drug-likeness (QED) is 0.631. The van der Waals surface area contributed by atoms with E-state index in [0.717, 1.165) is 11.1 Å². The number of amides is 1. The van der Waals surface area contributed by atoms with Crippen LogP contribution in [-0.4, -0.2) is 10.9 Å². The van der Waals surface area contributed by atoms with Crippen molar-refractivity contribution < 1.29 is 4.79 Å². The summed E-state index contributed by atoms with van der Waals surface area (Å²) < 4.78 is 0. The van der Waals surface area contributed by atoms with Crippen LogP contribution in [0.25, 0.3) is 0 Å². The fraction of sp³-hybridized carbons (Fsp3) is 0.118. The van der Waals surface area contributed by atoms with Crippen molar-refractivity contribution in [2.24, 2.45) is 0 Å². The van der Waals surface area contributed by atoms with Crippen molar-refractivity contribution in [3.8, 4) is 6.07 Å². The third-order valence-corrected chi connectivity index (χ3v) is 3.41. The fourth-order valence-corrected chi connectivity index (χ4v) is 2.04. The van der Waals surface area contributed by atoms with Crippen molar-refractivity contribution in [2.45, 2.75) is 13.1 Å². The van der Waals surface area contributed by atoms with Crippen LogP contribution in [0.1, 0.15) is 11.1 Å². The summed E-state index contributed by atoms with van der Waals surface area (Å²) in [5.41, 5.74) is 1.75. The van der Waals surface area contributed by atoms with E-state index >= 15 is 0 Å². The summed E-state index contributed by atoms with van der Waals surface area (Å²) >= 11 is 6.04. The van der Waals surface area contributed by atoms with Crippen LogP contribution >= 0.6 is 11.6 Å². The van der Waals surface area contributed by atoms with Crippen LogP contribution in [0.5, 0.6) is 0 Å². The summed E-state index contributed by atoms with van der Waals surface area (Å²) in [5, 5.41) is 15.3. The molecule has 0 atom stereocenters. The lowest BCUT2D eigenvalue weighted by Gasteiger charge is -2.06. The van der Waals surface area contributed by atoms with Gasteiger partial charge in [-0.05, 0) is 23.3 Å². The lowest BCUT2D eigenvalue weighted by atomic mass is 10.2. The lowest BCUT2D eigenvalue weighted by Crippen LogP contribution is -2.25. The SMILES string of the molecule is N#C/C(=C/NCc1ccccc1Cl)C(=O)NCc1cccnc1. The van der Waals surface area contributed by atoms with E-state index in [9.17, 15) is 4.79 Å². The fourth-order valence-electron chi connectivity index (χ4n) is 1.83. The molecule has 1 aromatic heterocycles. The highest BCUT2D eigenvalue weighted by molar-refractivity contribution is 6.31. The van der Waals surface area contributed by atoms with Gasteiger partial charge in [-0.15, -0.1) is 0 Å². The molecule has 116 valence electrons. The van der Waals surface area contributed by atoms with Gasteiger partial charge >= 0.3 is 0 Å². The van der Waals surface area contributed by atoms with E-state index in [1.54, 1.807) is 24.5 Å². The van der Waals surface area contributed by atoms with Crippen LogP contribution in [0.2, 0.25) is 5.02 Å². The maximum atomic E-state index is 12.0. The largest absolute Gasteiger partial charge is 0.386 e. The van der Waals surface area contributed by atoms with Crippen LogP contribution < -0.4 is 10.6 Å². The summed E-state index contributed by atoms with van der Waals surface area (Å²) in [6.07, 6.45) is 4.71. The molecule has 2 N–H and O–H groups in total. The average molecular weight is 327 g/mol. The Morgan fingerprint density at radius 1 is 1.26 bits per heavy atom. The Morgan fingerprint density at radius 3 is 2.78 bits per heavy atom. The van der Waals surface area contributed by atoms with Gasteiger partial charge in [0.2, 0.25) is 0 Å². The molecule has 0 saturated heterocycles. The van der Waals surface area contributed by atoms with E-state index < -0.39 is 5.91 Å². The average Bonchev–Trinajstić information content (AvgIpc) is 2.59. The Bertz CT molecular complexity index is 738. The first-order valence-electron chi connectivity index (χ1n) is 6.95. The molecule has 0 aliphatic heterocycles. The van der Waals surface area contributed by atoms with E-state index in [1.165, 1.54) is 6.20 Å². The molecule has 0 unspecified atom stereocenters. The lowest BCUT2D eigenvalue weighted by molar-refractivity contribution is -0.117. The maximum Gasteiger partial charge on any atom is 0.263 e. The number of nitriles is 1.